The Bertz CT molecular complexity index is 827. The molecule has 0 aromatic heterocycles. The predicted molar refractivity (Wildman–Crippen MR) is 130 cm³/mol. The molecular weight excluding hydrogens is 508 g/mol. The zero-order valence-corrected chi connectivity index (χ0v) is 22.0. The molecule has 0 aromatic carbocycles. The molecule has 8 N–H and O–H groups in total. The lowest BCUT2D eigenvalue weighted by molar-refractivity contribution is -0.266. The SMILES string of the molecule is CCCCOC(=O)C(CCC(N)=O)NC(=O)C(C)NC(=O)C(C)O[C@H]1[C@H](O)[C@@H](CO)O[C@@H](O)[C@@H]1NC(C)=O. The monoisotopic (exact) mass is 548 g/mol. The molecule has 3 unspecified atom stereocenters. The molecule has 218 valence electrons. The summed E-state index contributed by atoms with van der Waals surface area (Å²) in [5.74, 6) is -3.51. The van der Waals surface area contributed by atoms with Gasteiger partial charge in [-0.1, -0.05) is 13.3 Å². The third kappa shape index (κ3) is 10.5. The van der Waals surface area contributed by atoms with Crippen LogP contribution in [0.15, 0.2) is 0 Å². The maximum absolute atomic E-state index is 12.7. The largest absolute Gasteiger partial charge is 0.464 e. The number of primary amides is 1. The van der Waals surface area contributed by atoms with E-state index in [1.165, 1.54) is 20.8 Å². The van der Waals surface area contributed by atoms with Crippen LogP contribution in [0.25, 0.3) is 0 Å². The maximum atomic E-state index is 12.7. The molecule has 1 aliphatic rings. The van der Waals surface area contributed by atoms with Gasteiger partial charge < -0.3 is 51.2 Å². The van der Waals surface area contributed by atoms with Crippen molar-refractivity contribution in [3.63, 3.8) is 0 Å². The van der Waals surface area contributed by atoms with Crippen molar-refractivity contribution in [1.82, 2.24) is 16.0 Å². The minimum Gasteiger partial charge on any atom is -0.464 e. The fraction of sp³-hybridized carbons (Fsp3) is 0.783. The Morgan fingerprint density at radius 3 is 2.29 bits per heavy atom. The number of ether oxygens (including phenoxy) is 3. The van der Waals surface area contributed by atoms with Gasteiger partial charge in [0.15, 0.2) is 6.29 Å². The molecule has 1 aliphatic heterocycles. The van der Waals surface area contributed by atoms with E-state index < -0.39 is 85.0 Å². The summed E-state index contributed by atoms with van der Waals surface area (Å²) in [7, 11) is 0. The summed E-state index contributed by atoms with van der Waals surface area (Å²) in [5, 5.41) is 37.3. The van der Waals surface area contributed by atoms with E-state index in [2.05, 4.69) is 16.0 Å². The number of unbranched alkanes of at least 4 members (excludes halogenated alkanes) is 1. The van der Waals surface area contributed by atoms with Crippen LogP contribution in [0, 0.1) is 0 Å². The third-order valence-corrected chi connectivity index (χ3v) is 5.75. The number of rotatable bonds is 15. The summed E-state index contributed by atoms with van der Waals surface area (Å²) in [6.45, 7) is 5.21. The lowest BCUT2D eigenvalue weighted by Crippen LogP contribution is -2.65. The van der Waals surface area contributed by atoms with Crippen LogP contribution in [0.2, 0.25) is 0 Å². The molecule has 4 amide bonds. The van der Waals surface area contributed by atoms with Gasteiger partial charge in [0.2, 0.25) is 23.6 Å². The van der Waals surface area contributed by atoms with Gasteiger partial charge in [0.05, 0.1) is 13.2 Å². The molecule has 1 saturated heterocycles. The van der Waals surface area contributed by atoms with Gasteiger partial charge >= 0.3 is 5.97 Å². The molecule has 0 bridgehead atoms. The molecule has 15 heteroatoms. The maximum Gasteiger partial charge on any atom is 0.328 e. The summed E-state index contributed by atoms with van der Waals surface area (Å²) in [4.78, 5) is 60.5. The normalized spacial score (nSPS) is 25.4. The Hall–Kier alpha value is -2.85. The molecule has 0 radical (unpaired) electrons. The smallest absolute Gasteiger partial charge is 0.328 e. The Morgan fingerprint density at radius 1 is 1.08 bits per heavy atom. The highest BCUT2D eigenvalue weighted by molar-refractivity contribution is 5.91. The number of carbonyl (C=O) groups excluding carboxylic acids is 5. The summed E-state index contributed by atoms with van der Waals surface area (Å²) in [5.41, 5.74) is 5.15. The number of nitrogens with two attached hydrogens (primary N) is 1. The van der Waals surface area contributed by atoms with Crippen molar-refractivity contribution in [2.75, 3.05) is 13.2 Å². The first-order valence-corrected chi connectivity index (χ1v) is 12.4. The molecule has 0 saturated carbocycles. The summed E-state index contributed by atoms with van der Waals surface area (Å²) < 4.78 is 15.8. The second kappa shape index (κ2) is 16.2. The Balaban J connectivity index is 2.83. The van der Waals surface area contributed by atoms with E-state index in [4.69, 9.17) is 19.9 Å². The standard InChI is InChI=1S/C23H40N4O11/c1-5-6-9-36-22(34)14(7-8-16(24)30)27-20(32)11(2)25-21(33)12(3)37-19-17(26-13(4)29)23(35)38-15(10-28)18(19)31/h11-12,14-15,17-19,23,28,31,35H,5-10H2,1-4H3,(H2,24,30)(H,25,33)(H,26,29)(H,27,32)/t11?,12?,14?,15-,17-,18-,19-,23-/m1/s1. The van der Waals surface area contributed by atoms with E-state index in [9.17, 15) is 39.3 Å². The average molecular weight is 549 g/mol. The zero-order chi connectivity index (χ0) is 29.0. The van der Waals surface area contributed by atoms with Crippen molar-refractivity contribution in [1.29, 1.82) is 0 Å². The first-order valence-electron chi connectivity index (χ1n) is 12.4. The first-order chi connectivity index (χ1) is 17.8. The molecule has 0 spiro atoms. The van der Waals surface area contributed by atoms with Crippen LogP contribution >= 0.6 is 0 Å². The van der Waals surface area contributed by atoms with Gasteiger partial charge in [0.1, 0.15) is 42.5 Å². The highest BCUT2D eigenvalue weighted by atomic mass is 16.6. The van der Waals surface area contributed by atoms with Gasteiger partial charge in [0, 0.05) is 13.3 Å². The summed E-state index contributed by atoms with van der Waals surface area (Å²) in [6.07, 6.45) is -5.90. The van der Waals surface area contributed by atoms with E-state index in [1.807, 2.05) is 6.92 Å². The van der Waals surface area contributed by atoms with Crippen molar-refractivity contribution >= 4 is 29.6 Å². The van der Waals surface area contributed by atoms with Crippen LogP contribution < -0.4 is 21.7 Å². The van der Waals surface area contributed by atoms with Crippen molar-refractivity contribution in [3.8, 4) is 0 Å². The van der Waals surface area contributed by atoms with Crippen LogP contribution in [0.4, 0.5) is 0 Å². The Kier molecular flexibility index (Phi) is 14.1. The van der Waals surface area contributed by atoms with Gasteiger partial charge in [-0.2, -0.15) is 0 Å². The van der Waals surface area contributed by atoms with E-state index in [-0.39, 0.29) is 19.4 Å². The number of hydrogen-bond donors (Lipinski definition) is 7. The highest BCUT2D eigenvalue weighted by Crippen LogP contribution is 2.23. The van der Waals surface area contributed by atoms with E-state index in [0.717, 1.165) is 6.42 Å². The van der Waals surface area contributed by atoms with Crippen LogP contribution in [-0.2, 0) is 38.2 Å². The number of aliphatic hydroxyl groups is 3. The van der Waals surface area contributed by atoms with Crippen LogP contribution in [-0.4, -0.2) is 107 Å². The predicted octanol–water partition coefficient (Wildman–Crippen LogP) is -3.07. The lowest BCUT2D eigenvalue weighted by atomic mass is 9.96. The molecule has 0 aliphatic carbocycles. The van der Waals surface area contributed by atoms with E-state index in [0.29, 0.717) is 6.42 Å². The zero-order valence-electron chi connectivity index (χ0n) is 22.0. The molecular formula is C23H40N4O11. The van der Waals surface area contributed by atoms with Crippen LogP contribution in [0.5, 0.6) is 0 Å². The highest BCUT2D eigenvalue weighted by Gasteiger charge is 2.47. The van der Waals surface area contributed by atoms with Crippen LogP contribution in [0.1, 0.15) is 53.4 Å². The van der Waals surface area contributed by atoms with Crippen molar-refractivity contribution in [3.05, 3.63) is 0 Å². The molecule has 1 fully saturated rings. The second-order valence-corrected chi connectivity index (χ2v) is 9.02. The van der Waals surface area contributed by atoms with Gasteiger partial charge in [0.25, 0.3) is 0 Å². The molecule has 1 rings (SSSR count). The third-order valence-electron chi connectivity index (χ3n) is 5.75. The number of aliphatic hydroxyl groups excluding tert-OH is 3. The number of esters is 1. The van der Waals surface area contributed by atoms with Crippen LogP contribution in [0.3, 0.4) is 0 Å². The number of hydrogen-bond acceptors (Lipinski definition) is 11. The van der Waals surface area contributed by atoms with Gasteiger partial charge in [-0.15, -0.1) is 0 Å². The molecule has 8 atom stereocenters. The average Bonchev–Trinajstić information content (AvgIpc) is 2.85. The molecule has 38 heavy (non-hydrogen) atoms. The fourth-order valence-electron chi connectivity index (χ4n) is 3.58. The molecule has 0 aromatic rings. The first kappa shape index (κ1) is 33.2. The van der Waals surface area contributed by atoms with Gasteiger partial charge in [-0.3, -0.25) is 19.2 Å². The molecule has 1 heterocycles. The van der Waals surface area contributed by atoms with Crippen molar-refractivity contribution < 1.29 is 53.5 Å². The Labute approximate surface area is 220 Å². The van der Waals surface area contributed by atoms with Gasteiger partial charge in [-0.25, -0.2) is 4.79 Å². The minimum absolute atomic E-state index is 0.0905. The van der Waals surface area contributed by atoms with Gasteiger partial charge in [-0.05, 0) is 26.7 Å². The number of amides is 4. The summed E-state index contributed by atoms with van der Waals surface area (Å²) >= 11 is 0. The fourth-order valence-corrected chi connectivity index (χ4v) is 3.58. The molecule has 15 nitrogen and oxygen atoms in total. The lowest BCUT2D eigenvalue weighted by Gasteiger charge is -2.43. The second-order valence-electron chi connectivity index (χ2n) is 9.02. The summed E-state index contributed by atoms with van der Waals surface area (Å²) in [6, 6.07) is -3.58. The Morgan fingerprint density at radius 2 is 1.74 bits per heavy atom. The van der Waals surface area contributed by atoms with E-state index >= 15 is 0 Å². The number of carbonyl (C=O) groups is 5. The van der Waals surface area contributed by atoms with E-state index in [1.54, 1.807) is 0 Å². The van der Waals surface area contributed by atoms with Crippen molar-refractivity contribution in [2.45, 2.75) is 102 Å². The number of nitrogens with one attached hydrogen (secondary N) is 3. The van der Waals surface area contributed by atoms with Crippen molar-refractivity contribution in [2.24, 2.45) is 5.73 Å². The minimum atomic E-state index is -1.64. The quantitative estimate of drug-likeness (QED) is 0.0801. The topological polar surface area (TPSA) is 236 Å².